The molecule has 1 aliphatic carbocycles. The number of hydrogen-bond donors (Lipinski definition) is 4. The Kier molecular flexibility index (Phi) is 11.1. The Morgan fingerprint density at radius 2 is 1.96 bits per heavy atom. The highest BCUT2D eigenvalue weighted by atomic mass is 16.4. The summed E-state index contributed by atoms with van der Waals surface area (Å²) >= 11 is 0. The molecule has 1 aliphatic rings. The summed E-state index contributed by atoms with van der Waals surface area (Å²) < 4.78 is 0. The first kappa shape index (κ1) is 24.4. The normalized spacial score (nSPS) is 27.1. The van der Waals surface area contributed by atoms with Gasteiger partial charge < -0.3 is 20.4 Å². The molecule has 1 rings (SSSR count). The van der Waals surface area contributed by atoms with E-state index >= 15 is 0 Å². The molecule has 1 saturated carbocycles. The lowest BCUT2D eigenvalue weighted by Gasteiger charge is -2.23. The van der Waals surface area contributed by atoms with Crippen LogP contribution in [0.25, 0.3) is 0 Å². The highest BCUT2D eigenvalue weighted by molar-refractivity contribution is 5.66. The molecule has 5 atom stereocenters. The monoisotopic (exact) mass is 392 g/mol. The predicted octanol–water partition coefficient (Wildman–Crippen LogP) is 3.75. The van der Waals surface area contributed by atoms with E-state index < -0.39 is 23.8 Å². The lowest BCUT2D eigenvalue weighted by Crippen LogP contribution is -2.25. The van der Waals surface area contributed by atoms with Crippen molar-refractivity contribution in [2.45, 2.75) is 82.5 Å². The minimum atomic E-state index is -0.976. The van der Waals surface area contributed by atoms with Gasteiger partial charge >= 0.3 is 5.97 Å². The van der Waals surface area contributed by atoms with Gasteiger partial charge in [-0.05, 0) is 44.1 Å². The number of carboxylic acid groups (broad SMARTS) is 1. The fraction of sp³-hybridized carbons (Fsp3) is 0.652. The van der Waals surface area contributed by atoms with Gasteiger partial charge in [-0.2, -0.15) is 0 Å². The highest BCUT2D eigenvalue weighted by Crippen LogP contribution is 2.36. The molecule has 28 heavy (non-hydrogen) atoms. The number of aliphatic carboxylic acids is 1. The van der Waals surface area contributed by atoms with Crippen LogP contribution in [-0.4, -0.2) is 44.2 Å². The van der Waals surface area contributed by atoms with E-state index in [1.807, 2.05) is 24.3 Å². The molecular weight excluding hydrogens is 356 g/mol. The minimum absolute atomic E-state index is 0.0827. The second-order valence-corrected chi connectivity index (χ2v) is 7.79. The summed E-state index contributed by atoms with van der Waals surface area (Å²) in [4.78, 5) is 10.5. The van der Waals surface area contributed by atoms with Gasteiger partial charge in [-0.15, -0.1) is 5.73 Å². The van der Waals surface area contributed by atoms with Crippen molar-refractivity contribution in [2.75, 3.05) is 0 Å². The van der Waals surface area contributed by atoms with Gasteiger partial charge in [0.15, 0.2) is 0 Å². The Bertz CT molecular complexity index is 576. The molecule has 0 saturated heterocycles. The molecule has 0 aromatic carbocycles. The summed E-state index contributed by atoms with van der Waals surface area (Å²) in [7, 11) is 0. The second kappa shape index (κ2) is 12.7. The molecule has 1 unspecified atom stereocenters. The molecular formula is C23H36O5. The van der Waals surface area contributed by atoms with Gasteiger partial charge in [0.1, 0.15) is 0 Å². The number of aliphatic hydroxyl groups is 3. The number of hydrogen-bond acceptors (Lipinski definition) is 4. The van der Waals surface area contributed by atoms with Crippen molar-refractivity contribution in [3.05, 3.63) is 42.7 Å². The van der Waals surface area contributed by atoms with Crippen LogP contribution in [0.15, 0.2) is 42.7 Å². The molecule has 0 spiro atoms. The van der Waals surface area contributed by atoms with Gasteiger partial charge in [0.2, 0.25) is 0 Å². The molecule has 5 nitrogen and oxygen atoms in total. The second-order valence-electron chi connectivity index (χ2n) is 7.79. The van der Waals surface area contributed by atoms with Crippen LogP contribution in [0.5, 0.6) is 0 Å². The van der Waals surface area contributed by atoms with Gasteiger partial charge in [0, 0.05) is 18.8 Å². The van der Waals surface area contributed by atoms with E-state index in [4.69, 9.17) is 5.11 Å². The largest absolute Gasteiger partial charge is 0.481 e. The molecule has 158 valence electrons. The summed E-state index contributed by atoms with van der Waals surface area (Å²) in [6, 6.07) is 0. The third kappa shape index (κ3) is 8.57. The Morgan fingerprint density at radius 3 is 2.61 bits per heavy atom. The van der Waals surface area contributed by atoms with Crippen LogP contribution in [0.4, 0.5) is 0 Å². The summed E-state index contributed by atoms with van der Waals surface area (Å²) in [6.45, 7) is 5.63. The van der Waals surface area contributed by atoms with Crippen LogP contribution in [-0.2, 0) is 4.79 Å². The summed E-state index contributed by atoms with van der Waals surface area (Å²) in [6.07, 6.45) is 13.5. The first-order chi connectivity index (χ1) is 13.3. The van der Waals surface area contributed by atoms with Crippen LogP contribution in [0.3, 0.4) is 0 Å². The lowest BCUT2D eigenvalue weighted by molar-refractivity contribution is -0.137. The number of unbranched alkanes of at least 4 members (excludes halogenated alkanes) is 2. The smallest absolute Gasteiger partial charge is 0.303 e. The third-order valence-electron chi connectivity index (χ3n) is 5.42. The standard InChI is InChI=1S/C23H36O5/c1-3-5-15-23(28,14-4-2)16-10-12-19-18(20(24)17-21(19)25)11-8-6-7-9-13-22(26)27/h6,8,10,12,14,18-21,24-25,28H,2-3,5,7,9,11,13,15-17H2,1H3,(H,26,27)/t18-,19-,20-,21-,23?/m1/s1. The van der Waals surface area contributed by atoms with E-state index in [0.717, 1.165) is 12.8 Å². The average molecular weight is 393 g/mol. The summed E-state index contributed by atoms with van der Waals surface area (Å²) in [5.41, 5.74) is 1.70. The Labute approximate surface area is 168 Å². The van der Waals surface area contributed by atoms with Crippen molar-refractivity contribution in [3.8, 4) is 0 Å². The van der Waals surface area contributed by atoms with E-state index in [1.165, 1.54) is 0 Å². The average Bonchev–Trinajstić information content (AvgIpc) is 2.89. The molecule has 0 heterocycles. The van der Waals surface area contributed by atoms with E-state index in [9.17, 15) is 20.1 Å². The van der Waals surface area contributed by atoms with Crippen molar-refractivity contribution in [1.82, 2.24) is 0 Å². The highest BCUT2D eigenvalue weighted by Gasteiger charge is 2.39. The zero-order valence-corrected chi connectivity index (χ0v) is 17.0. The Hall–Kier alpha value is -1.65. The first-order valence-electron chi connectivity index (χ1n) is 10.3. The summed E-state index contributed by atoms with van der Waals surface area (Å²) in [5, 5.41) is 39.9. The quantitative estimate of drug-likeness (QED) is 0.217. The summed E-state index contributed by atoms with van der Waals surface area (Å²) in [5.74, 6) is -1.04. The SMILES string of the molecule is C=C=CC(O)(CC=C[C@@H]1[C@@H](CC=CCCCC(=O)O)[C@H](O)C[C@H]1O)CCCC. The zero-order valence-electron chi connectivity index (χ0n) is 17.0. The van der Waals surface area contributed by atoms with E-state index in [1.54, 1.807) is 6.08 Å². The van der Waals surface area contributed by atoms with Crippen molar-refractivity contribution >= 4 is 5.97 Å². The minimum Gasteiger partial charge on any atom is -0.481 e. The van der Waals surface area contributed by atoms with Gasteiger partial charge in [-0.1, -0.05) is 50.6 Å². The molecule has 4 N–H and O–H groups in total. The molecule has 0 amide bonds. The number of allylic oxidation sites excluding steroid dienone is 2. The third-order valence-corrected chi connectivity index (χ3v) is 5.42. The van der Waals surface area contributed by atoms with Crippen LogP contribution < -0.4 is 0 Å². The molecule has 0 aromatic rings. The van der Waals surface area contributed by atoms with E-state index in [-0.39, 0.29) is 18.3 Å². The Morgan fingerprint density at radius 1 is 1.21 bits per heavy atom. The maximum atomic E-state index is 10.7. The van der Waals surface area contributed by atoms with Crippen LogP contribution in [0.1, 0.15) is 64.7 Å². The zero-order chi connectivity index (χ0) is 21.0. The molecule has 5 heteroatoms. The van der Waals surface area contributed by atoms with Crippen LogP contribution in [0, 0.1) is 11.8 Å². The van der Waals surface area contributed by atoms with Crippen molar-refractivity contribution < 1.29 is 25.2 Å². The predicted molar refractivity (Wildman–Crippen MR) is 111 cm³/mol. The number of aliphatic hydroxyl groups excluding tert-OH is 2. The Balaban J connectivity index is 2.64. The molecule has 0 bridgehead atoms. The van der Waals surface area contributed by atoms with Gasteiger partial charge in [-0.25, -0.2) is 0 Å². The molecule has 0 aromatic heterocycles. The number of carboxylic acids is 1. The van der Waals surface area contributed by atoms with Gasteiger partial charge in [0.25, 0.3) is 0 Å². The van der Waals surface area contributed by atoms with Gasteiger partial charge in [0.05, 0.1) is 17.8 Å². The van der Waals surface area contributed by atoms with Crippen LogP contribution in [0.2, 0.25) is 0 Å². The lowest BCUT2D eigenvalue weighted by atomic mass is 9.88. The molecule has 1 fully saturated rings. The molecule has 0 radical (unpaired) electrons. The topological polar surface area (TPSA) is 98.0 Å². The van der Waals surface area contributed by atoms with Crippen molar-refractivity contribution in [3.63, 3.8) is 0 Å². The maximum Gasteiger partial charge on any atom is 0.303 e. The van der Waals surface area contributed by atoms with E-state index in [0.29, 0.717) is 38.5 Å². The first-order valence-corrected chi connectivity index (χ1v) is 10.3. The van der Waals surface area contributed by atoms with Crippen molar-refractivity contribution in [1.29, 1.82) is 0 Å². The van der Waals surface area contributed by atoms with E-state index in [2.05, 4.69) is 19.2 Å². The number of rotatable bonds is 13. The van der Waals surface area contributed by atoms with Gasteiger partial charge in [-0.3, -0.25) is 4.79 Å². The van der Waals surface area contributed by atoms with Crippen molar-refractivity contribution in [2.24, 2.45) is 11.8 Å². The molecule has 0 aliphatic heterocycles. The fourth-order valence-corrected chi connectivity index (χ4v) is 3.78. The number of carbonyl (C=O) groups is 1. The maximum absolute atomic E-state index is 10.7. The fourth-order valence-electron chi connectivity index (χ4n) is 3.78. The van der Waals surface area contributed by atoms with Crippen LogP contribution >= 0.6 is 0 Å².